The normalized spacial score (nSPS) is 6.38. The highest BCUT2D eigenvalue weighted by atomic mass is 79.9. The monoisotopic (exact) mass is 179 g/mol. The molecule has 0 aliphatic heterocycles. The summed E-state index contributed by atoms with van der Waals surface area (Å²) in [5.41, 5.74) is 4.65. The molecule has 0 aromatic rings. The minimum absolute atomic E-state index is 0.211. The first-order valence-electron chi connectivity index (χ1n) is 2.29. The van der Waals surface area contributed by atoms with E-state index >= 15 is 0 Å². The Morgan fingerprint density at radius 2 is 1.75 bits per heavy atom. The van der Waals surface area contributed by atoms with Gasteiger partial charge in [0.25, 0.3) is 5.91 Å². The van der Waals surface area contributed by atoms with E-state index in [9.17, 15) is 4.79 Å². The van der Waals surface area contributed by atoms with Gasteiger partial charge in [0.1, 0.15) is 0 Å². The second-order valence-electron chi connectivity index (χ2n) is 0.769. The summed E-state index contributed by atoms with van der Waals surface area (Å²) in [7, 11) is 0. The average Bonchev–Trinajstić information content (AvgIpc) is 1.72. The molecular weight excluding hydrogens is 170 g/mol. The van der Waals surface area contributed by atoms with Crippen LogP contribution >= 0.6 is 15.9 Å². The van der Waals surface area contributed by atoms with Crippen molar-refractivity contribution in [1.82, 2.24) is 0 Å². The summed E-state index contributed by atoms with van der Waals surface area (Å²) >= 11 is 2.77. The van der Waals surface area contributed by atoms with Crippen molar-refractivity contribution in [3.8, 4) is 0 Å². The predicted octanol–water partition coefficient (Wildman–Crippen LogP) is 1.41. The first-order chi connectivity index (χ1) is 3.64. The molecule has 0 unspecified atom stereocenters. The number of halogens is 1. The topological polar surface area (TPSA) is 43.1 Å². The molecule has 0 aromatic carbocycles. The molecule has 0 rings (SSSR count). The molecule has 0 aromatic heterocycles. The van der Waals surface area contributed by atoms with Crippen LogP contribution in [-0.4, -0.2) is 5.91 Å². The van der Waals surface area contributed by atoms with Gasteiger partial charge in [-0.1, -0.05) is 20.4 Å². The maximum atomic E-state index is 9.77. The third-order valence-electron chi connectivity index (χ3n) is 0.267. The van der Waals surface area contributed by atoms with Crippen molar-refractivity contribution in [3.05, 3.63) is 11.1 Å². The van der Waals surface area contributed by atoms with Crippen molar-refractivity contribution in [2.24, 2.45) is 5.73 Å². The summed E-state index contributed by atoms with van der Waals surface area (Å²) in [6.45, 7) is 7.20. The van der Waals surface area contributed by atoms with Crippen molar-refractivity contribution in [2.45, 2.75) is 13.8 Å². The third kappa shape index (κ3) is 9.19. The minimum Gasteiger partial charge on any atom is -0.365 e. The Labute approximate surface area is 57.9 Å². The summed E-state index contributed by atoms with van der Waals surface area (Å²) < 4.78 is 0.211. The van der Waals surface area contributed by atoms with E-state index in [0.717, 1.165) is 0 Å². The SMILES string of the molecule is C=C(Br)C(N)=O.CC. The van der Waals surface area contributed by atoms with E-state index in [4.69, 9.17) is 0 Å². The number of hydrogen-bond donors (Lipinski definition) is 1. The smallest absolute Gasteiger partial charge is 0.255 e. The van der Waals surface area contributed by atoms with E-state index in [1.54, 1.807) is 0 Å². The third-order valence-corrected chi connectivity index (χ3v) is 0.658. The second kappa shape index (κ2) is 6.69. The molecule has 0 radical (unpaired) electrons. The van der Waals surface area contributed by atoms with Crippen LogP contribution in [0.5, 0.6) is 0 Å². The summed E-state index contributed by atoms with van der Waals surface area (Å²) in [5, 5.41) is 0. The van der Waals surface area contributed by atoms with Crippen LogP contribution in [0.3, 0.4) is 0 Å². The van der Waals surface area contributed by atoms with Crippen LogP contribution in [0.25, 0.3) is 0 Å². The first-order valence-corrected chi connectivity index (χ1v) is 3.08. The fourth-order valence-electron chi connectivity index (χ4n) is 0. The maximum Gasteiger partial charge on any atom is 0.255 e. The second-order valence-corrected chi connectivity index (χ2v) is 1.73. The fraction of sp³-hybridized carbons (Fsp3) is 0.400. The standard InChI is InChI=1S/C3H4BrNO.C2H6/c1-2(4)3(5)6;1-2/h1H2,(H2,5,6);1-2H3. The summed E-state index contributed by atoms with van der Waals surface area (Å²) in [6, 6.07) is 0. The number of nitrogens with two attached hydrogens (primary N) is 1. The number of hydrogen-bond acceptors (Lipinski definition) is 1. The molecule has 0 bridgehead atoms. The van der Waals surface area contributed by atoms with E-state index in [1.165, 1.54) is 0 Å². The van der Waals surface area contributed by atoms with Crippen LogP contribution in [-0.2, 0) is 4.79 Å². The van der Waals surface area contributed by atoms with Crippen LogP contribution in [0.2, 0.25) is 0 Å². The van der Waals surface area contributed by atoms with E-state index in [2.05, 4.69) is 28.2 Å². The number of carbonyl (C=O) groups is 1. The minimum atomic E-state index is -0.519. The molecule has 2 N–H and O–H groups in total. The van der Waals surface area contributed by atoms with Gasteiger partial charge < -0.3 is 5.73 Å². The average molecular weight is 180 g/mol. The quantitative estimate of drug-likeness (QED) is 0.609. The number of carbonyl (C=O) groups excluding carboxylic acids is 1. The van der Waals surface area contributed by atoms with Crippen molar-refractivity contribution >= 4 is 21.8 Å². The molecule has 0 aliphatic carbocycles. The van der Waals surface area contributed by atoms with E-state index < -0.39 is 5.91 Å². The van der Waals surface area contributed by atoms with E-state index in [-0.39, 0.29) is 4.48 Å². The van der Waals surface area contributed by atoms with E-state index in [1.807, 2.05) is 13.8 Å². The lowest BCUT2D eigenvalue weighted by Gasteiger charge is -1.78. The zero-order valence-corrected chi connectivity index (χ0v) is 6.66. The van der Waals surface area contributed by atoms with Gasteiger partial charge >= 0.3 is 0 Å². The maximum absolute atomic E-state index is 9.77. The molecule has 0 atom stereocenters. The number of amides is 1. The molecule has 0 saturated heterocycles. The van der Waals surface area contributed by atoms with Gasteiger partial charge in [0.05, 0.1) is 4.48 Å². The van der Waals surface area contributed by atoms with Gasteiger partial charge in [0, 0.05) is 0 Å². The largest absolute Gasteiger partial charge is 0.365 e. The number of rotatable bonds is 1. The molecule has 0 saturated carbocycles. The fourth-order valence-corrected chi connectivity index (χ4v) is 0. The van der Waals surface area contributed by atoms with Gasteiger partial charge in [-0.2, -0.15) is 0 Å². The van der Waals surface area contributed by atoms with Crippen molar-refractivity contribution in [2.75, 3.05) is 0 Å². The molecule has 3 heteroatoms. The van der Waals surface area contributed by atoms with Gasteiger partial charge in [-0.05, 0) is 15.9 Å². The van der Waals surface area contributed by atoms with Crippen LogP contribution in [0, 0.1) is 0 Å². The molecule has 2 nitrogen and oxygen atoms in total. The highest BCUT2D eigenvalue weighted by Gasteiger charge is 1.89. The molecule has 48 valence electrons. The lowest BCUT2D eigenvalue weighted by atomic mass is 10.6. The Bertz CT molecular complexity index is 78.4. The van der Waals surface area contributed by atoms with Crippen LogP contribution in [0.1, 0.15) is 13.8 Å². The molecule has 1 amide bonds. The highest BCUT2D eigenvalue weighted by Crippen LogP contribution is 1.95. The Kier molecular flexibility index (Phi) is 8.89. The summed E-state index contributed by atoms with van der Waals surface area (Å²) in [6.07, 6.45) is 0. The summed E-state index contributed by atoms with van der Waals surface area (Å²) in [5.74, 6) is -0.519. The molecule has 0 fully saturated rings. The van der Waals surface area contributed by atoms with Gasteiger partial charge in [0.2, 0.25) is 0 Å². The van der Waals surface area contributed by atoms with Crippen LogP contribution < -0.4 is 5.73 Å². The van der Waals surface area contributed by atoms with Crippen LogP contribution in [0.15, 0.2) is 11.1 Å². The molecular formula is C5H10BrNO. The molecule has 8 heavy (non-hydrogen) atoms. The Balaban J connectivity index is 0. The molecule has 0 spiro atoms. The van der Waals surface area contributed by atoms with Gasteiger partial charge in [-0.25, -0.2) is 0 Å². The van der Waals surface area contributed by atoms with Crippen molar-refractivity contribution in [1.29, 1.82) is 0 Å². The first kappa shape index (κ1) is 10.6. The van der Waals surface area contributed by atoms with Gasteiger partial charge in [-0.15, -0.1) is 0 Å². The Hall–Kier alpha value is -0.310. The van der Waals surface area contributed by atoms with Gasteiger partial charge in [-0.3, -0.25) is 4.79 Å². The van der Waals surface area contributed by atoms with Crippen LogP contribution in [0.4, 0.5) is 0 Å². The Morgan fingerprint density at radius 1 is 1.62 bits per heavy atom. The van der Waals surface area contributed by atoms with Crippen molar-refractivity contribution in [3.63, 3.8) is 0 Å². The number of primary amides is 1. The highest BCUT2D eigenvalue weighted by molar-refractivity contribution is 9.12. The zero-order valence-electron chi connectivity index (χ0n) is 5.07. The molecule has 0 heterocycles. The lowest BCUT2D eigenvalue weighted by molar-refractivity contribution is -0.113. The van der Waals surface area contributed by atoms with Gasteiger partial charge in [0.15, 0.2) is 0 Å². The molecule has 0 aliphatic rings. The van der Waals surface area contributed by atoms with Crippen molar-refractivity contribution < 1.29 is 4.79 Å². The lowest BCUT2D eigenvalue weighted by Crippen LogP contribution is -2.08. The van der Waals surface area contributed by atoms with E-state index in [0.29, 0.717) is 0 Å². The predicted molar refractivity (Wildman–Crippen MR) is 38.6 cm³/mol. The summed E-state index contributed by atoms with van der Waals surface area (Å²) in [4.78, 5) is 9.77. The Morgan fingerprint density at radius 3 is 1.75 bits per heavy atom. The zero-order chi connectivity index (χ0) is 7.15.